The number of aliphatic imine (C=N–C) groups is 2. The predicted octanol–water partition coefficient (Wildman–Crippen LogP) is 3.48. The van der Waals surface area contributed by atoms with E-state index in [1.54, 1.807) is 36.7 Å². The Balaban J connectivity index is 4.99. The van der Waals surface area contributed by atoms with Gasteiger partial charge in [-0.05, 0) is 24.8 Å². The van der Waals surface area contributed by atoms with Crippen molar-refractivity contribution in [2.45, 2.75) is 6.92 Å². The molecule has 0 aromatic rings. The van der Waals surface area contributed by atoms with Gasteiger partial charge in [-0.1, -0.05) is 44.0 Å². The third-order valence-corrected chi connectivity index (χ3v) is 1.51. The zero-order chi connectivity index (χ0) is 12.9. The molecule has 0 unspecified atom stereocenters. The van der Waals surface area contributed by atoms with Crippen LogP contribution in [0.15, 0.2) is 71.5 Å². The molecule has 0 heterocycles. The molecule has 0 aliphatic carbocycles. The van der Waals surface area contributed by atoms with Crippen LogP contribution in [-0.2, 0) is 0 Å². The Morgan fingerprint density at radius 2 is 1.41 bits per heavy atom. The summed E-state index contributed by atoms with van der Waals surface area (Å²) in [4.78, 5) is 8.18. The fourth-order valence-electron chi connectivity index (χ4n) is 0.802. The van der Waals surface area contributed by atoms with Gasteiger partial charge in [-0.25, -0.2) is 9.98 Å². The van der Waals surface area contributed by atoms with Gasteiger partial charge in [0.15, 0.2) is 0 Å². The van der Waals surface area contributed by atoms with Crippen molar-refractivity contribution in [2.75, 3.05) is 0 Å². The summed E-state index contributed by atoms with van der Waals surface area (Å²) in [6.45, 7) is 12.6. The molecule has 0 saturated carbocycles. The lowest BCUT2D eigenvalue weighted by Gasteiger charge is -1.88. The van der Waals surface area contributed by atoms with Crippen LogP contribution in [0.1, 0.15) is 6.92 Å². The van der Waals surface area contributed by atoms with E-state index in [0.29, 0.717) is 11.4 Å². The normalized spacial score (nSPS) is 12.3. The summed E-state index contributed by atoms with van der Waals surface area (Å²) in [7, 11) is 0. The number of nitrogens with zero attached hydrogens (tertiary/aromatic N) is 2. The van der Waals surface area contributed by atoms with Crippen molar-refractivity contribution in [1.29, 1.82) is 0 Å². The average molecular weight is 224 g/mol. The lowest BCUT2D eigenvalue weighted by molar-refractivity contribution is 1.42. The van der Waals surface area contributed by atoms with Crippen LogP contribution in [0.4, 0.5) is 0 Å². The number of rotatable bonds is 5. The van der Waals surface area contributed by atoms with Crippen molar-refractivity contribution in [2.24, 2.45) is 9.98 Å². The second kappa shape index (κ2) is 10.1. The molecule has 86 valence electrons. The largest absolute Gasteiger partial charge is 0.248 e. The molecule has 0 amide bonds. The standard InChI is InChI=1S/C15H16N2/c1-5-9-15(17-13-7-3)11-10-14(8-4)16-12-6-2/h5-9,12-13H,1-3H2,4H3/b14-8-,15-9-,16-12-,17-13-. The molecule has 0 N–H and O–H groups in total. The molecule has 0 aromatic carbocycles. The number of allylic oxidation sites excluding steroid dienone is 7. The van der Waals surface area contributed by atoms with Crippen LogP contribution in [0.5, 0.6) is 0 Å². The Morgan fingerprint density at radius 3 is 1.88 bits per heavy atom. The Hall–Kier alpha value is -2.40. The van der Waals surface area contributed by atoms with Crippen molar-refractivity contribution >= 4 is 12.4 Å². The molecular formula is C15H16N2. The van der Waals surface area contributed by atoms with E-state index in [-0.39, 0.29) is 0 Å². The lowest BCUT2D eigenvalue weighted by Crippen LogP contribution is -1.77. The van der Waals surface area contributed by atoms with Gasteiger partial charge < -0.3 is 0 Å². The molecule has 0 spiro atoms. The average Bonchev–Trinajstić information content (AvgIpc) is 2.35. The number of hydrogen-bond donors (Lipinski definition) is 0. The summed E-state index contributed by atoms with van der Waals surface area (Å²) in [6, 6.07) is 0. The maximum Gasteiger partial charge on any atom is 0.113 e. The van der Waals surface area contributed by atoms with Gasteiger partial charge in [0.25, 0.3) is 0 Å². The third-order valence-electron chi connectivity index (χ3n) is 1.51. The first kappa shape index (κ1) is 14.6. The van der Waals surface area contributed by atoms with Gasteiger partial charge in [-0.3, -0.25) is 0 Å². The molecule has 17 heavy (non-hydrogen) atoms. The monoisotopic (exact) mass is 224 g/mol. The quantitative estimate of drug-likeness (QED) is 0.388. The van der Waals surface area contributed by atoms with E-state index < -0.39 is 0 Å². The van der Waals surface area contributed by atoms with E-state index in [4.69, 9.17) is 0 Å². The molecule has 0 saturated heterocycles. The topological polar surface area (TPSA) is 24.7 Å². The van der Waals surface area contributed by atoms with E-state index in [9.17, 15) is 0 Å². The van der Waals surface area contributed by atoms with Crippen molar-refractivity contribution in [3.8, 4) is 11.8 Å². The van der Waals surface area contributed by atoms with Gasteiger partial charge in [0.05, 0.1) is 0 Å². The minimum Gasteiger partial charge on any atom is -0.248 e. The minimum absolute atomic E-state index is 0.605. The summed E-state index contributed by atoms with van der Waals surface area (Å²) in [6.07, 6.45) is 11.5. The Morgan fingerprint density at radius 1 is 0.882 bits per heavy atom. The fraction of sp³-hybridized carbons (Fsp3) is 0.0667. The lowest BCUT2D eigenvalue weighted by atomic mass is 10.3. The van der Waals surface area contributed by atoms with Crippen LogP contribution >= 0.6 is 0 Å². The molecule has 0 radical (unpaired) electrons. The molecule has 0 aliphatic rings. The first-order chi connectivity index (χ1) is 8.28. The zero-order valence-corrected chi connectivity index (χ0v) is 10.1. The fourth-order valence-corrected chi connectivity index (χ4v) is 0.802. The van der Waals surface area contributed by atoms with E-state index in [1.807, 2.05) is 13.0 Å². The van der Waals surface area contributed by atoms with E-state index in [1.165, 1.54) is 0 Å². The summed E-state index contributed by atoms with van der Waals surface area (Å²) < 4.78 is 0. The maximum atomic E-state index is 4.09. The first-order valence-corrected chi connectivity index (χ1v) is 5.09. The highest BCUT2D eigenvalue weighted by Crippen LogP contribution is 1.98. The number of hydrogen-bond acceptors (Lipinski definition) is 2. The SMILES string of the molecule is C=C/C=N\C(C#CC(=C/C=C)/N=C\C=C)=C/C. The molecule has 2 nitrogen and oxygen atoms in total. The third kappa shape index (κ3) is 7.52. The predicted molar refractivity (Wildman–Crippen MR) is 77.2 cm³/mol. The summed E-state index contributed by atoms with van der Waals surface area (Å²) in [5, 5.41) is 0. The highest BCUT2D eigenvalue weighted by atomic mass is 14.7. The van der Waals surface area contributed by atoms with Gasteiger partial charge >= 0.3 is 0 Å². The molecule has 0 aromatic heterocycles. The van der Waals surface area contributed by atoms with E-state index in [0.717, 1.165) is 0 Å². The van der Waals surface area contributed by atoms with Crippen LogP contribution in [0.3, 0.4) is 0 Å². The zero-order valence-electron chi connectivity index (χ0n) is 10.1. The molecule has 0 fully saturated rings. The molecule has 0 rings (SSSR count). The summed E-state index contributed by atoms with van der Waals surface area (Å²) >= 11 is 0. The summed E-state index contributed by atoms with van der Waals surface area (Å²) in [5.41, 5.74) is 1.27. The van der Waals surface area contributed by atoms with Gasteiger partial charge in [0, 0.05) is 12.4 Å². The van der Waals surface area contributed by atoms with E-state index in [2.05, 4.69) is 41.6 Å². The molecular weight excluding hydrogens is 208 g/mol. The maximum absolute atomic E-state index is 4.09. The van der Waals surface area contributed by atoms with Crippen molar-refractivity contribution in [1.82, 2.24) is 0 Å². The Kier molecular flexibility index (Phi) is 8.70. The van der Waals surface area contributed by atoms with Crippen molar-refractivity contribution < 1.29 is 0 Å². The smallest absolute Gasteiger partial charge is 0.113 e. The Labute approximate surface area is 103 Å². The van der Waals surface area contributed by atoms with Crippen molar-refractivity contribution in [3.05, 3.63) is 61.5 Å². The highest BCUT2D eigenvalue weighted by molar-refractivity contribution is 5.73. The van der Waals surface area contributed by atoms with Crippen LogP contribution in [-0.4, -0.2) is 12.4 Å². The van der Waals surface area contributed by atoms with E-state index >= 15 is 0 Å². The minimum atomic E-state index is 0.605. The Bertz CT molecular complexity index is 449. The molecule has 2 heteroatoms. The van der Waals surface area contributed by atoms with Gasteiger partial charge in [0.2, 0.25) is 0 Å². The molecule has 0 aliphatic heterocycles. The second-order valence-corrected chi connectivity index (χ2v) is 2.74. The summed E-state index contributed by atoms with van der Waals surface area (Å²) in [5.74, 6) is 5.79. The van der Waals surface area contributed by atoms with Crippen LogP contribution < -0.4 is 0 Å². The van der Waals surface area contributed by atoms with Gasteiger partial charge in [0.1, 0.15) is 11.4 Å². The molecule has 0 atom stereocenters. The van der Waals surface area contributed by atoms with Gasteiger partial charge in [-0.2, -0.15) is 0 Å². The van der Waals surface area contributed by atoms with Crippen LogP contribution in [0.2, 0.25) is 0 Å². The van der Waals surface area contributed by atoms with Crippen LogP contribution in [0.25, 0.3) is 0 Å². The first-order valence-electron chi connectivity index (χ1n) is 5.09. The van der Waals surface area contributed by atoms with Crippen molar-refractivity contribution in [3.63, 3.8) is 0 Å². The molecule has 0 bridgehead atoms. The van der Waals surface area contributed by atoms with Crippen LogP contribution in [0, 0.1) is 11.8 Å². The highest BCUT2D eigenvalue weighted by Gasteiger charge is 1.86. The van der Waals surface area contributed by atoms with Gasteiger partial charge in [-0.15, -0.1) is 0 Å². The second-order valence-electron chi connectivity index (χ2n) is 2.74.